The fraction of sp³-hybridized carbons (Fsp3) is 1.00. The van der Waals surface area contributed by atoms with Gasteiger partial charge in [0, 0.05) is 45.3 Å². The van der Waals surface area contributed by atoms with E-state index in [4.69, 9.17) is 0 Å². The second-order valence-corrected chi connectivity index (χ2v) is 6.31. The van der Waals surface area contributed by atoms with Crippen molar-refractivity contribution in [3.05, 3.63) is 0 Å². The van der Waals surface area contributed by atoms with E-state index in [1.807, 2.05) is 0 Å². The van der Waals surface area contributed by atoms with Gasteiger partial charge in [0.1, 0.15) is 0 Å². The lowest BCUT2D eigenvalue weighted by molar-refractivity contribution is 0.152. The Bertz CT molecular complexity index is 236. The molecular weight excluding hydrogens is 222 g/mol. The second kappa shape index (κ2) is 6.88. The number of likely N-dealkylation sites (N-methyl/N-ethyl adjacent to an activating group) is 1. The highest BCUT2D eigenvalue weighted by atomic mass is 15.2. The molecule has 3 atom stereocenters. The maximum atomic E-state index is 3.80. The molecule has 2 aliphatic rings. The predicted molar refractivity (Wildman–Crippen MR) is 77.9 cm³/mol. The summed E-state index contributed by atoms with van der Waals surface area (Å²) in [6, 6.07) is 0.780. The molecule has 1 heterocycles. The Hall–Kier alpha value is -0.120. The summed E-state index contributed by atoms with van der Waals surface area (Å²) in [6.45, 7) is 12.1. The summed E-state index contributed by atoms with van der Waals surface area (Å²) < 4.78 is 0. The first kappa shape index (κ1) is 14.3. The van der Waals surface area contributed by atoms with Gasteiger partial charge in [0.2, 0.25) is 0 Å². The molecule has 0 amide bonds. The Morgan fingerprint density at radius 1 is 1.11 bits per heavy atom. The van der Waals surface area contributed by atoms with Crippen LogP contribution in [0.25, 0.3) is 0 Å². The molecule has 18 heavy (non-hydrogen) atoms. The number of nitrogens with one attached hydrogen (secondary N) is 1. The lowest BCUT2D eigenvalue weighted by Gasteiger charge is -2.32. The van der Waals surface area contributed by atoms with Crippen LogP contribution < -0.4 is 5.32 Å². The summed E-state index contributed by atoms with van der Waals surface area (Å²) in [5, 5.41) is 3.80. The number of piperazine rings is 1. The lowest BCUT2D eigenvalue weighted by Crippen LogP contribution is -2.47. The second-order valence-electron chi connectivity index (χ2n) is 6.31. The molecule has 0 aromatic carbocycles. The summed E-state index contributed by atoms with van der Waals surface area (Å²) in [6.07, 6.45) is 4.18. The fourth-order valence-corrected chi connectivity index (χ4v) is 3.59. The van der Waals surface area contributed by atoms with E-state index in [0.29, 0.717) is 0 Å². The highest BCUT2D eigenvalue weighted by Gasteiger charge is 2.30. The van der Waals surface area contributed by atoms with Crippen molar-refractivity contribution in [1.29, 1.82) is 0 Å². The molecule has 1 saturated carbocycles. The van der Waals surface area contributed by atoms with Gasteiger partial charge in [-0.2, -0.15) is 0 Å². The van der Waals surface area contributed by atoms with Gasteiger partial charge in [0.25, 0.3) is 0 Å². The van der Waals surface area contributed by atoms with Gasteiger partial charge < -0.3 is 10.2 Å². The predicted octanol–water partition coefficient (Wildman–Crippen LogP) is 1.65. The van der Waals surface area contributed by atoms with Crippen LogP contribution in [0.2, 0.25) is 0 Å². The SMILES string of the molecule is CCC1CCC(NCCN2CCN(C)CC2)C1C. The molecule has 0 radical (unpaired) electrons. The van der Waals surface area contributed by atoms with Crippen molar-refractivity contribution >= 4 is 0 Å². The van der Waals surface area contributed by atoms with Crippen LogP contribution in [-0.4, -0.2) is 62.2 Å². The maximum absolute atomic E-state index is 3.80. The molecule has 1 N–H and O–H groups in total. The van der Waals surface area contributed by atoms with Crippen LogP contribution in [0.1, 0.15) is 33.1 Å². The van der Waals surface area contributed by atoms with Crippen LogP contribution in [0.5, 0.6) is 0 Å². The first-order valence-electron chi connectivity index (χ1n) is 7.85. The third-order valence-corrected chi connectivity index (χ3v) is 5.18. The highest BCUT2D eigenvalue weighted by molar-refractivity contribution is 4.86. The number of hydrogen-bond donors (Lipinski definition) is 1. The van der Waals surface area contributed by atoms with E-state index < -0.39 is 0 Å². The molecular formula is C15H31N3. The third kappa shape index (κ3) is 3.69. The first-order chi connectivity index (χ1) is 8.70. The van der Waals surface area contributed by atoms with E-state index in [2.05, 4.69) is 36.0 Å². The summed E-state index contributed by atoms with van der Waals surface area (Å²) in [5.41, 5.74) is 0. The van der Waals surface area contributed by atoms with Crippen molar-refractivity contribution in [2.45, 2.75) is 39.2 Å². The van der Waals surface area contributed by atoms with Gasteiger partial charge in [-0.1, -0.05) is 20.3 Å². The van der Waals surface area contributed by atoms with E-state index in [-0.39, 0.29) is 0 Å². The Kier molecular flexibility index (Phi) is 5.46. The monoisotopic (exact) mass is 253 g/mol. The Labute approximate surface area is 113 Å². The van der Waals surface area contributed by atoms with Crippen molar-refractivity contribution in [3.8, 4) is 0 Å². The Morgan fingerprint density at radius 2 is 1.83 bits per heavy atom. The van der Waals surface area contributed by atoms with Gasteiger partial charge in [0.15, 0.2) is 0 Å². The Morgan fingerprint density at radius 3 is 2.44 bits per heavy atom. The normalized spacial score (nSPS) is 35.2. The molecule has 1 aliphatic heterocycles. The van der Waals surface area contributed by atoms with Crippen molar-refractivity contribution in [3.63, 3.8) is 0 Å². The van der Waals surface area contributed by atoms with Crippen LogP contribution in [0.15, 0.2) is 0 Å². The third-order valence-electron chi connectivity index (χ3n) is 5.18. The van der Waals surface area contributed by atoms with E-state index in [0.717, 1.165) is 17.9 Å². The van der Waals surface area contributed by atoms with E-state index in [1.165, 1.54) is 58.5 Å². The number of nitrogens with zero attached hydrogens (tertiary/aromatic N) is 2. The zero-order chi connectivity index (χ0) is 13.0. The average molecular weight is 253 g/mol. The van der Waals surface area contributed by atoms with Gasteiger partial charge in [-0.25, -0.2) is 0 Å². The Balaban J connectivity index is 1.61. The maximum Gasteiger partial charge on any atom is 0.0110 e. The largest absolute Gasteiger partial charge is 0.312 e. The minimum Gasteiger partial charge on any atom is -0.312 e. The topological polar surface area (TPSA) is 18.5 Å². The van der Waals surface area contributed by atoms with Gasteiger partial charge in [-0.15, -0.1) is 0 Å². The zero-order valence-electron chi connectivity index (χ0n) is 12.5. The zero-order valence-corrected chi connectivity index (χ0v) is 12.5. The van der Waals surface area contributed by atoms with Crippen LogP contribution >= 0.6 is 0 Å². The van der Waals surface area contributed by atoms with Gasteiger partial charge in [-0.3, -0.25) is 4.90 Å². The number of hydrogen-bond acceptors (Lipinski definition) is 3. The molecule has 0 aromatic rings. The van der Waals surface area contributed by atoms with Gasteiger partial charge in [-0.05, 0) is 31.7 Å². The highest BCUT2D eigenvalue weighted by Crippen LogP contribution is 2.33. The average Bonchev–Trinajstić information content (AvgIpc) is 2.73. The minimum absolute atomic E-state index is 0.780. The standard InChI is InChI=1S/C15H31N3/c1-4-14-5-6-15(13(14)2)16-7-8-18-11-9-17(3)10-12-18/h13-16H,4-12H2,1-3H3. The molecule has 3 nitrogen and oxygen atoms in total. The van der Waals surface area contributed by atoms with E-state index in [9.17, 15) is 0 Å². The van der Waals surface area contributed by atoms with E-state index in [1.54, 1.807) is 0 Å². The van der Waals surface area contributed by atoms with Crippen molar-refractivity contribution in [2.75, 3.05) is 46.3 Å². The molecule has 2 fully saturated rings. The molecule has 1 aliphatic carbocycles. The quantitative estimate of drug-likeness (QED) is 0.804. The van der Waals surface area contributed by atoms with E-state index >= 15 is 0 Å². The molecule has 3 unspecified atom stereocenters. The van der Waals surface area contributed by atoms with Crippen LogP contribution in [0.3, 0.4) is 0 Å². The molecule has 0 bridgehead atoms. The van der Waals surface area contributed by atoms with Crippen LogP contribution in [0, 0.1) is 11.8 Å². The summed E-state index contributed by atoms with van der Waals surface area (Å²) >= 11 is 0. The van der Waals surface area contributed by atoms with Crippen LogP contribution in [0.4, 0.5) is 0 Å². The lowest BCUT2D eigenvalue weighted by atomic mass is 9.93. The molecule has 3 heteroatoms. The van der Waals surface area contributed by atoms with Crippen molar-refractivity contribution in [1.82, 2.24) is 15.1 Å². The van der Waals surface area contributed by atoms with Crippen molar-refractivity contribution in [2.24, 2.45) is 11.8 Å². The van der Waals surface area contributed by atoms with Gasteiger partial charge in [0.05, 0.1) is 0 Å². The molecule has 1 saturated heterocycles. The van der Waals surface area contributed by atoms with Gasteiger partial charge >= 0.3 is 0 Å². The summed E-state index contributed by atoms with van der Waals surface area (Å²) in [4.78, 5) is 5.03. The minimum atomic E-state index is 0.780. The smallest absolute Gasteiger partial charge is 0.0110 e. The first-order valence-corrected chi connectivity index (χ1v) is 7.85. The fourth-order valence-electron chi connectivity index (χ4n) is 3.59. The number of rotatable bonds is 5. The van der Waals surface area contributed by atoms with Crippen molar-refractivity contribution < 1.29 is 0 Å². The summed E-state index contributed by atoms with van der Waals surface area (Å²) in [5.74, 6) is 1.84. The molecule has 0 aromatic heterocycles. The molecule has 2 rings (SSSR count). The molecule has 0 spiro atoms. The van der Waals surface area contributed by atoms with Crippen LogP contribution in [-0.2, 0) is 0 Å². The molecule has 106 valence electrons. The summed E-state index contributed by atoms with van der Waals surface area (Å²) in [7, 11) is 2.22.